The van der Waals surface area contributed by atoms with Crippen LogP contribution in [0.25, 0.3) is 11.0 Å². The Kier molecular flexibility index (Phi) is 5.71. The van der Waals surface area contributed by atoms with Gasteiger partial charge in [0.2, 0.25) is 5.75 Å². The lowest BCUT2D eigenvalue weighted by Gasteiger charge is -2.37. The van der Waals surface area contributed by atoms with E-state index in [-0.39, 0.29) is 58.0 Å². The largest absolute Gasteiger partial charge is 0.508 e. The van der Waals surface area contributed by atoms with Crippen LogP contribution in [0, 0.1) is 5.92 Å². The molecule has 3 aromatic carbocycles. The van der Waals surface area contributed by atoms with Gasteiger partial charge in [-0.2, -0.15) is 0 Å². The first kappa shape index (κ1) is 24.7. The Hall–Kier alpha value is -4.59. The number of phenolic OH excluding ortho intramolecular Hbond substituents is 4. The number of hydrogen-bond acceptors (Lipinski definition) is 8. The van der Waals surface area contributed by atoms with E-state index in [0.717, 1.165) is 27.8 Å². The van der Waals surface area contributed by atoms with Crippen LogP contribution in [0.5, 0.6) is 34.5 Å². The number of benzene rings is 3. The first-order valence-corrected chi connectivity index (χ1v) is 12.7. The second-order valence-corrected chi connectivity index (χ2v) is 10.3. The van der Waals surface area contributed by atoms with Crippen LogP contribution < -0.4 is 15.1 Å². The van der Waals surface area contributed by atoms with Crippen molar-refractivity contribution >= 4 is 11.0 Å². The van der Waals surface area contributed by atoms with Crippen molar-refractivity contribution in [3.05, 3.63) is 92.9 Å². The number of hydrogen-bond donors (Lipinski definition) is 4. The van der Waals surface area contributed by atoms with Gasteiger partial charge < -0.3 is 34.3 Å². The maximum Gasteiger partial charge on any atom is 0.336 e. The van der Waals surface area contributed by atoms with E-state index >= 15 is 0 Å². The number of ether oxygens (including phenoxy) is 2. The van der Waals surface area contributed by atoms with Crippen LogP contribution in [0.1, 0.15) is 53.4 Å². The number of aromatic hydroxyl groups is 4. The molecular formula is C31H28O8. The molecule has 39 heavy (non-hydrogen) atoms. The van der Waals surface area contributed by atoms with Crippen molar-refractivity contribution in [2.24, 2.45) is 5.92 Å². The molecule has 0 spiro atoms. The van der Waals surface area contributed by atoms with E-state index in [2.05, 4.69) is 6.08 Å². The van der Waals surface area contributed by atoms with Crippen LogP contribution in [0.4, 0.5) is 0 Å². The molecule has 6 rings (SSSR count). The summed E-state index contributed by atoms with van der Waals surface area (Å²) in [6, 6.07) is 12.9. The molecule has 2 aliphatic carbocycles. The Morgan fingerprint density at radius 3 is 2.41 bits per heavy atom. The fourth-order valence-electron chi connectivity index (χ4n) is 6.73. The van der Waals surface area contributed by atoms with Gasteiger partial charge in [0.1, 0.15) is 11.5 Å². The van der Waals surface area contributed by atoms with Crippen LogP contribution >= 0.6 is 0 Å². The molecule has 0 saturated carbocycles. The van der Waals surface area contributed by atoms with E-state index in [1.165, 1.54) is 19.2 Å². The molecule has 0 amide bonds. The summed E-state index contributed by atoms with van der Waals surface area (Å²) < 4.78 is 17.0. The molecule has 4 N–H and O–H groups in total. The van der Waals surface area contributed by atoms with Gasteiger partial charge in [0.25, 0.3) is 0 Å². The van der Waals surface area contributed by atoms with Gasteiger partial charge in [-0.3, -0.25) is 0 Å². The van der Waals surface area contributed by atoms with Gasteiger partial charge in [-0.15, -0.1) is 0 Å². The van der Waals surface area contributed by atoms with Gasteiger partial charge >= 0.3 is 5.63 Å². The Labute approximate surface area is 224 Å². The lowest BCUT2D eigenvalue weighted by atomic mass is 9.66. The van der Waals surface area contributed by atoms with Crippen LogP contribution in [0.2, 0.25) is 0 Å². The molecule has 0 fully saturated rings. The number of phenols is 4. The van der Waals surface area contributed by atoms with Crippen molar-refractivity contribution in [2.45, 2.75) is 31.1 Å². The summed E-state index contributed by atoms with van der Waals surface area (Å²) in [6.45, 7) is 2.05. The van der Waals surface area contributed by atoms with E-state index < -0.39 is 5.63 Å². The Bertz CT molecular complexity index is 1720. The van der Waals surface area contributed by atoms with Crippen LogP contribution in [-0.2, 0) is 0 Å². The molecule has 8 nitrogen and oxygen atoms in total. The van der Waals surface area contributed by atoms with Crippen molar-refractivity contribution in [3.8, 4) is 34.5 Å². The predicted molar refractivity (Wildman–Crippen MR) is 144 cm³/mol. The van der Waals surface area contributed by atoms with Gasteiger partial charge in [-0.05, 0) is 60.6 Å². The Morgan fingerprint density at radius 1 is 0.897 bits per heavy atom. The highest BCUT2D eigenvalue weighted by Crippen LogP contribution is 2.65. The minimum atomic E-state index is -0.595. The molecule has 2 aliphatic rings. The van der Waals surface area contributed by atoms with Crippen molar-refractivity contribution in [2.75, 3.05) is 14.2 Å². The molecule has 0 saturated heterocycles. The second kappa shape index (κ2) is 9.01. The molecule has 1 heterocycles. The Morgan fingerprint density at radius 2 is 1.69 bits per heavy atom. The maximum atomic E-state index is 12.2. The standard InChI is InChI=1S/C31H28O8/c1-14-10-19(15-4-8-21(33)22(34)12-15)25-20(11-14)28-27(26(25)17-6-5-16(32)13-23(17)37-2)18-7-9-24(35)39-30(18)29(36)31(28)38-3/h4-9,11-13,19-20,25-26,32-34,36H,10H2,1-3H3. The lowest BCUT2D eigenvalue weighted by molar-refractivity contribution is 0.334. The summed E-state index contributed by atoms with van der Waals surface area (Å²) in [6.07, 6.45) is 2.87. The smallest absolute Gasteiger partial charge is 0.336 e. The third-order valence-electron chi connectivity index (χ3n) is 8.19. The zero-order valence-electron chi connectivity index (χ0n) is 21.6. The van der Waals surface area contributed by atoms with Crippen molar-refractivity contribution in [3.63, 3.8) is 0 Å². The fourth-order valence-corrected chi connectivity index (χ4v) is 6.73. The quantitative estimate of drug-likeness (QED) is 0.153. The highest BCUT2D eigenvalue weighted by Gasteiger charge is 2.51. The van der Waals surface area contributed by atoms with Gasteiger partial charge in [0.05, 0.1) is 14.2 Å². The first-order chi connectivity index (χ1) is 18.7. The van der Waals surface area contributed by atoms with E-state index in [0.29, 0.717) is 17.6 Å². The first-order valence-electron chi connectivity index (χ1n) is 12.7. The zero-order chi connectivity index (χ0) is 27.6. The molecule has 0 aliphatic heterocycles. The third kappa shape index (κ3) is 3.70. The van der Waals surface area contributed by atoms with Crippen LogP contribution in [-0.4, -0.2) is 34.6 Å². The predicted octanol–water partition coefficient (Wildman–Crippen LogP) is 5.61. The lowest BCUT2D eigenvalue weighted by Crippen LogP contribution is -2.25. The topological polar surface area (TPSA) is 130 Å². The number of fused-ring (bicyclic) bond motifs is 5. The van der Waals surface area contributed by atoms with E-state index in [1.807, 2.05) is 19.1 Å². The summed E-state index contributed by atoms with van der Waals surface area (Å²) in [4.78, 5) is 12.2. The molecule has 0 bridgehead atoms. The summed E-state index contributed by atoms with van der Waals surface area (Å²) in [7, 11) is 3.02. The van der Waals surface area contributed by atoms with Crippen molar-refractivity contribution in [1.82, 2.24) is 0 Å². The van der Waals surface area contributed by atoms with E-state index in [9.17, 15) is 25.2 Å². The van der Waals surface area contributed by atoms with Crippen LogP contribution in [0.3, 0.4) is 0 Å². The Balaban J connectivity index is 1.73. The highest BCUT2D eigenvalue weighted by atomic mass is 16.5. The molecular weight excluding hydrogens is 500 g/mol. The van der Waals surface area contributed by atoms with Crippen LogP contribution in [0.15, 0.2) is 69.4 Å². The third-order valence-corrected chi connectivity index (χ3v) is 8.19. The molecule has 4 unspecified atom stereocenters. The maximum absolute atomic E-state index is 12.2. The molecule has 4 atom stereocenters. The minimum Gasteiger partial charge on any atom is -0.508 e. The second-order valence-electron chi connectivity index (χ2n) is 10.3. The average molecular weight is 529 g/mol. The minimum absolute atomic E-state index is 0.0408. The van der Waals surface area contributed by atoms with Gasteiger partial charge in [-0.1, -0.05) is 23.8 Å². The number of allylic oxidation sites excluding steroid dienone is 2. The summed E-state index contributed by atoms with van der Waals surface area (Å²) in [5.74, 6) is -0.656. The normalized spacial score (nSPS) is 21.8. The molecule has 1 aromatic heterocycles. The fraction of sp³-hybridized carbons (Fsp3) is 0.258. The molecule has 0 radical (unpaired) electrons. The zero-order valence-corrected chi connectivity index (χ0v) is 21.6. The molecule has 8 heteroatoms. The molecule has 4 aromatic rings. The van der Waals surface area contributed by atoms with Gasteiger partial charge in [0, 0.05) is 40.5 Å². The van der Waals surface area contributed by atoms with Crippen molar-refractivity contribution in [1.29, 1.82) is 0 Å². The monoisotopic (exact) mass is 528 g/mol. The van der Waals surface area contributed by atoms with Gasteiger partial charge in [-0.25, -0.2) is 4.79 Å². The number of methoxy groups -OCH3 is 2. The SMILES string of the molecule is COc1cc(O)ccc1C1c2c(c(OC)c(O)c3oc(=O)ccc23)C2C=C(C)CC(c3ccc(O)c(O)c3)C21. The van der Waals surface area contributed by atoms with Gasteiger partial charge in [0.15, 0.2) is 22.8 Å². The van der Waals surface area contributed by atoms with E-state index in [4.69, 9.17) is 13.9 Å². The summed E-state index contributed by atoms with van der Waals surface area (Å²) >= 11 is 0. The van der Waals surface area contributed by atoms with E-state index in [1.54, 1.807) is 31.4 Å². The van der Waals surface area contributed by atoms with Crippen molar-refractivity contribution < 1.29 is 34.3 Å². The molecule has 200 valence electrons. The summed E-state index contributed by atoms with van der Waals surface area (Å²) in [5.41, 5.74) is 3.85. The summed E-state index contributed by atoms with van der Waals surface area (Å²) in [5, 5.41) is 42.4. The highest BCUT2D eigenvalue weighted by molar-refractivity contribution is 5.92. The number of rotatable bonds is 4. The average Bonchev–Trinajstić information content (AvgIpc) is 3.24.